The van der Waals surface area contributed by atoms with E-state index in [1.54, 1.807) is 6.92 Å². The maximum atomic E-state index is 15.8. The second-order valence-corrected chi connectivity index (χ2v) is 10.7. The zero-order chi connectivity index (χ0) is 27.2. The SMILES string of the molecule is C[C@@H]1Cc2c([nH]c3ccccc23)[C@@H](c2c(F)cc(C(N)C3CN(CCCF)C3)cc2F)N1CC(F)(F)CO. The van der Waals surface area contributed by atoms with E-state index >= 15 is 8.78 Å². The van der Waals surface area contributed by atoms with Gasteiger partial charge < -0.3 is 20.7 Å². The van der Waals surface area contributed by atoms with Crippen LogP contribution in [-0.4, -0.2) is 71.3 Å². The third-order valence-corrected chi connectivity index (χ3v) is 8.02. The van der Waals surface area contributed by atoms with Crippen LogP contribution in [0, 0.1) is 17.6 Å². The third kappa shape index (κ3) is 4.95. The van der Waals surface area contributed by atoms with E-state index in [2.05, 4.69) is 4.98 Å². The molecule has 206 valence electrons. The Morgan fingerprint density at radius 2 is 1.84 bits per heavy atom. The molecule has 5 rings (SSSR count). The first-order valence-corrected chi connectivity index (χ1v) is 13.0. The van der Waals surface area contributed by atoms with Crippen LogP contribution in [0.25, 0.3) is 10.9 Å². The molecule has 1 saturated heterocycles. The second-order valence-electron chi connectivity index (χ2n) is 10.7. The fourth-order valence-electron chi connectivity index (χ4n) is 6.01. The average Bonchev–Trinajstić information content (AvgIpc) is 3.22. The lowest BCUT2D eigenvalue weighted by molar-refractivity contribution is -0.0869. The van der Waals surface area contributed by atoms with Crippen molar-refractivity contribution in [2.24, 2.45) is 11.7 Å². The minimum atomic E-state index is -3.45. The molecule has 3 aromatic rings. The van der Waals surface area contributed by atoms with Gasteiger partial charge in [-0.25, -0.2) is 17.6 Å². The van der Waals surface area contributed by atoms with Gasteiger partial charge in [0.25, 0.3) is 5.92 Å². The molecule has 1 aromatic heterocycles. The molecule has 0 bridgehead atoms. The smallest absolute Gasteiger partial charge is 0.283 e. The minimum absolute atomic E-state index is 0.0194. The Kier molecular flexibility index (Phi) is 7.52. The van der Waals surface area contributed by atoms with Gasteiger partial charge in [0, 0.05) is 59.8 Å². The number of halogens is 5. The summed E-state index contributed by atoms with van der Waals surface area (Å²) in [5, 5.41) is 10.1. The predicted molar refractivity (Wildman–Crippen MR) is 136 cm³/mol. The number of aromatic nitrogens is 1. The number of hydrogen-bond acceptors (Lipinski definition) is 4. The highest BCUT2D eigenvalue weighted by molar-refractivity contribution is 5.85. The summed E-state index contributed by atoms with van der Waals surface area (Å²) in [5.74, 6) is -5.19. The average molecular weight is 537 g/mol. The molecule has 5 nitrogen and oxygen atoms in total. The molecule has 10 heteroatoms. The van der Waals surface area contributed by atoms with Crippen molar-refractivity contribution in [1.82, 2.24) is 14.8 Å². The number of aliphatic hydroxyl groups excluding tert-OH is 1. The van der Waals surface area contributed by atoms with E-state index in [4.69, 9.17) is 5.73 Å². The van der Waals surface area contributed by atoms with Crippen LogP contribution in [-0.2, 0) is 6.42 Å². The molecule has 3 atom stereocenters. The molecule has 38 heavy (non-hydrogen) atoms. The molecule has 2 aliphatic rings. The van der Waals surface area contributed by atoms with Crippen LogP contribution >= 0.6 is 0 Å². The highest BCUT2D eigenvalue weighted by Crippen LogP contribution is 2.44. The molecule has 0 aliphatic carbocycles. The summed E-state index contributed by atoms with van der Waals surface area (Å²) < 4.78 is 73.0. The van der Waals surface area contributed by atoms with Crippen molar-refractivity contribution in [2.45, 2.75) is 43.8 Å². The zero-order valence-corrected chi connectivity index (χ0v) is 21.2. The quantitative estimate of drug-likeness (QED) is 0.347. The van der Waals surface area contributed by atoms with Crippen LogP contribution in [0.4, 0.5) is 22.0 Å². The summed E-state index contributed by atoms with van der Waals surface area (Å²) in [7, 11) is 0. The Bertz CT molecular complexity index is 1270. The number of para-hydroxylation sites is 1. The maximum absolute atomic E-state index is 15.8. The van der Waals surface area contributed by atoms with Gasteiger partial charge in [-0.05, 0) is 49.1 Å². The first-order chi connectivity index (χ1) is 18.1. The van der Waals surface area contributed by atoms with E-state index in [9.17, 15) is 18.3 Å². The lowest BCUT2D eigenvalue weighted by Gasteiger charge is -2.43. The Balaban J connectivity index is 1.53. The Hall–Kier alpha value is -2.53. The van der Waals surface area contributed by atoms with Gasteiger partial charge in [0.2, 0.25) is 0 Å². The van der Waals surface area contributed by atoms with Gasteiger partial charge in [-0.3, -0.25) is 9.29 Å². The van der Waals surface area contributed by atoms with Crippen molar-refractivity contribution in [1.29, 1.82) is 0 Å². The van der Waals surface area contributed by atoms with Crippen molar-refractivity contribution in [3.05, 3.63) is 70.4 Å². The molecule has 2 aliphatic heterocycles. The van der Waals surface area contributed by atoms with Gasteiger partial charge in [-0.2, -0.15) is 0 Å². The van der Waals surface area contributed by atoms with Gasteiger partial charge in [-0.15, -0.1) is 0 Å². The number of likely N-dealkylation sites (tertiary alicyclic amines) is 1. The van der Waals surface area contributed by atoms with Crippen LogP contribution in [0.1, 0.15) is 47.8 Å². The Morgan fingerprint density at radius 1 is 1.16 bits per heavy atom. The van der Waals surface area contributed by atoms with Crippen molar-refractivity contribution in [3.63, 3.8) is 0 Å². The molecule has 1 fully saturated rings. The van der Waals surface area contributed by atoms with E-state index in [0.29, 0.717) is 43.7 Å². The van der Waals surface area contributed by atoms with Gasteiger partial charge in [0.15, 0.2) is 0 Å². The van der Waals surface area contributed by atoms with E-state index in [0.717, 1.165) is 16.5 Å². The van der Waals surface area contributed by atoms with Crippen LogP contribution in [0.2, 0.25) is 0 Å². The molecular formula is C28H33F5N4O. The van der Waals surface area contributed by atoms with Crippen molar-refractivity contribution in [2.75, 3.05) is 39.5 Å². The monoisotopic (exact) mass is 536 g/mol. The first-order valence-electron chi connectivity index (χ1n) is 13.0. The standard InChI is InChI=1S/C28H33F5N4O/c1-16-9-20-19-5-2-3-6-23(19)35-26(20)27(37(16)14-28(32,33)15-38)24-21(30)10-17(11-22(24)31)25(34)18-12-36(13-18)8-4-7-29/h2-3,5-6,10-11,16,18,25,27,35,38H,4,7-9,12-15,34H2,1H3/t16-,25?,27-/m1/s1. The largest absolute Gasteiger partial charge is 0.390 e. The molecular weight excluding hydrogens is 503 g/mol. The molecule has 4 N–H and O–H groups in total. The van der Waals surface area contributed by atoms with E-state index in [-0.39, 0.29) is 11.5 Å². The van der Waals surface area contributed by atoms with Crippen molar-refractivity contribution in [3.8, 4) is 0 Å². The van der Waals surface area contributed by atoms with Crippen LogP contribution in [0.5, 0.6) is 0 Å². The number of aromatic amines is 1. The fraction of sp³-hybridized carbons (Fsp3) is 0.500. The lowest BCUT2D eigenvalue weighted by Crippen LogP contribution is -2.51. The predicted octanol–water partition coefficient (Wildman–Crippen LogP) is 4.70. The number of H-pyrrole nitrogens is 1. The Labute approximate surface area is 218 Å². The van der Waals surface area contributed by atoms with Gasteiger partial charge in [0.05, 0.1) is 19.3 Å². The van der Waals surface area contributed by atoms with E-state index in [1.165, 1.54) is 17.0 Å². The number of alkyl halides is 3. The summed E-state index contributed by atoms with van der Waals surface area (Å²) in [4.78, 5) is 6.64. The summed E-state index contributed by atoms with van der Waals surface area (Å²) in [6.07, 6.45) is 0.839. The first kappa shape index (κ1) is 27.1. The number of hydrogen-bond donors (Lipinski definition) is 3. The number of nitrogens with two attached hydrogens (primary N) is 1. The second kappa shape index (κ2) is 10.6. The van der Waals surface area contributed by atoms with Gasteiger partial charge >= 0.3 is 0 Å². The molecule has 0 amide bonds. The van der Waals surface area contributed by atoms with Crippen LogP contribution < -0.4 is 5.73 Å². The molecule has 3 heterocycles. The molecule has 0 radical (unpaired) electrons. The molecule has 0 saturated carbocycles. The zero-order valence-electron chi connectivity index (χ0n) is 21.2. The number of nitrogens with one attached hydrogen (secondary N) is 1. The topological polar surface area (TPSA) is 68.5 Å². The van der Waals surface area contributed by atoms with Crippen molar-refractivity contribution >= 4 is 10.9 Å². The molecule has 0 spiro atoms. The van der Waals surface area contributed by atoms with E-state index in [1.807, 2.05) is 29.2 Å². The molecule has 2 aromatic carbocycles. The summed E-state index contributed by atoms with van der Waals surface area (Å²) >= 11 is 0. The summed E-state index contributed by atoms with van der Waals surface area (Å²) in [6.45, 7) is 0.971. The number of rotatable bonds is 9. The van der Waals surface area contributed by atoms with E-state index < -0.39 is 55.5 Å². The van der Waals surface area contributed by atoms with Crippen LogP contribution in [0.3, 0.4) is 0 Å². The Morgan fingerprint density at radius 3 is 2.50 bits per heavy atom. The maximum Gasteiger partial charge on any atom is 0.283 e. The highest BCUT2D eigenvalue weighted by atomic mass is 19.3. The van der Waals surface area contributed by atoms with Crippen molar-refractivity contribution < 1.29 is 27.1 Å². The minimum Gasteiger partial charge on any atom is -0.390 e. The number of fused-ring (bicyclic) bond motifs is 3. The highest BCUT2D eigenvalue weighted by Gasteiger charge is 2.44. The molecule has 1 unspecified atom stereocenters. The van der Waals surface area contributed by atoms with Gasteiger partial charge in [-0.1, -0.05) is 18.2 Å². The summed E-state index contributed by atoms with van der Waals surface area (Å²) in [6, 6.07) is 7.60. The lowest BCUT2D eigenvalue weighted by atomic mass is 9.84. The third-order valence-electron chi connectivity index (χ3n) is 8.02. The fourth-order valence-corrected chi connectivity index (χ4v) is 6.01. The van der Waals surface area contributed by atoms with Crippen LogP contribution in [0.15, 0.2) is 36.4 Å². The number of aliphatic hydroxyl groups is 1. The number of benzene rings is 2. The number of nitrogens with zero attached hydrogens (tertiary/aromatic N) is 2. The van der Waals surface area contributed by atoms with Gasteiger partial charge in [0.1, 0.15) is 18.2 Å². The normalized spacial score (nSPS) is 22.0. The summed E-state index contributed by atoms with van der Waals surface area (Å²) in [5.41, 5.74) is 8.39.